The van der Waals surface area contributed by atoms with Crippen LogP contribution in [-0.4, -0.2) is 33.4 Å². The number of hydrogen-bond acceptors (Lipinski definition) is 6. The van der Waals surface area contributed by atoms with E-state index in [1.54, 1.807) is 37.4 Å². The summed E-state index contributed by atoms with van der Waals surface area (Å²) >= 11 is 6.15. The first-order valence-electron chi connectivity index (χ1n) is 10.0. The Morgan fingerprint density at radius 3 is 2.64 bits per heavy atom. The number of pyridine rings is 1. The first-order chi connectivity index (χ1) is 15.8. The number of halogens is 1. The number of carbonyl (C=O) groups is 2. The molecule has 0 fully saturated rings. The highest BCUT2D eigenvalue weighted by atomic mass is 35.5. The van der Waals surface area contributed by atoms with Crippen LogP contribution >= 0.6 is 11.6 Å². The van der Waals surface area contributed by atoms with Crippen molar-refractivity contribution in [2.24, 2.45) is 7.05 Å². The third-order valence-electron chi connectivity index (χ3n) is 4.81. The van der Waals surface area contributed by atoms with Crippen LogP contribution in [0.25, 0.3) is 11.0 Å². The van der Waals surface area contributed by atoms with Gasteiger partial charge in [0, 0.05) is 49.3 Å². The molecule has 9 nitrogen and oxygen atoms in total. The number of nitrogens with one attached hydrogen (secondary N) is 3. The molecule has 4 aromatic rings. The largest absolute Gasteiger partial charge is 0.457 e. The van der Waals surface area contributed by atoms with Gasteiger partial charge in [0.15, 0.2) is 0 Å². The minimum atomic E-state index is -0.291. The van der Waals surface area contributed by atoms with Crippen LogP contribution in [0.15, 0.2) is 54.7 Å². The lowest BCUT2D eigenvalue weighted by Crippen LogP contribution is -2.18. The van der Waals surface area contributed by atoms with Crippen molar-refractivity contribution in [1.82, 2.24) is 19.9 Å². The highest BCUT2D eigenvalue weighted by Crippen LogP contribution is 2.30. The Bertz CT molecular complexity index is 1380. The van der Waals surface area contributed by atoms with E-state index in [9.17, 15) is 9.59 Å². The van der Waals surface area contributed by atoms with Gasteiger partial charge in [0.1, 0.15) is 17.2 Å². The maximum Gasteiger partial charge on any atom is 0.269 e. The zero-order valence-corrected chi connectivity index (χ0v) is 18.9. The average Bonchev–Trinajstić information content (AvgIpc) is 3.09. The number of hydrogen-bond donors (Lipinski definition) is 3. The molecule has 10 heteroatoms. The van der Waals surface area contributed by atoms with E-state index in [1.165, 1.54) is 13.1 Å². The second-order valence-corrected chi connectivity index (χ2v) is 7.61. The summed E-state index contributed by atoms with van der Waals surface area (Å²) in [6.07, 6.45) is 1.52. The van der Waals surface area contributed by atoms with Crippen molar-refractivity contribution >= 4 is 51.8 Å². The molecule has 174 valence electrons. The van der Waals surface area contributed by atoms with Gasteiger partial charge in [-0.15, -0.1) is 0 Å². The molecule has 4 rings (SSSR count). The number of rotatable bonds is 6. The number of anilines is 3. The number of aryl methyl sites for hydroxylation is 1. The zero-order chi connectivity index (χ0) is 23.5. The molecule has 0 radical (unpaired) electrons. The highest BCUT2D eigenvalue weighted by molar-refractivity contribution is 6.33. The fourth-order valence-electron chi connectivity index (χ4n) is 3.24. The van der Waals surface area contributed by atoms with Crippen LogP contribution in [0.5, 0.6) is 11.5 Å². The van der Waals surface area contributed by atoms with E-state index in [1.807, 2.05) is 29.8 Å². The normalized spacial score (nSPS) is 10.7. The van der Waals surface area contributed by atoms with Gasteiger partial charge in [0.25, 0.3) is 5.91 Å². The van der Waals surface area contributed by atoms with Crippen molar-refractivity contribution in [3.8, 4) is 11.5 Å². The van der Waals surface area contributed by atoms with Gasteiger partial charge in [-0.05, 0) is 36.4 Å². The third-order valence-corrected chi connectivity index (χ3v) is 5.14. The van der Waals surface area contributed by atoms with Crippen LogP contribution in [0.4, 0.5) is 17.3 Å². The third kappa shape index (κ3) is 4.88. The number of ether oxygens (including phenoxy) is 1. The highest BCUT2D eigenvalue weighted by Gasteiger charge is 2.12. The van der Waals surface area contributed by atoms with Crippen molar-refractivity contribution in [1.29, 1.82) is 0 Å². The summed E-state index contributed by atoms with van der Waals surface area (Å²) in [5.74, 6) is 1.16. The number of fused-ring (bicyclic) bond motifs is 1. The lowest BCUT2D eigenvalue weighted by molar-refractivity contribution is -0.114. The number of imidazole rings is 1. The van der Waals surface area contributed by atoms with Gasteiger partial charge >= 0.3 is 0 Å². The molecule has 0 atom stereocenters. The number of nitrogens with zero attached hydrogens (tertiary/aromatic N) is 3. The molecule has 0 unspecified atom stereocenters. The minimum absolute atomic E-state index is 0. The smallest absolute Gasteiger partial charge is 0.269 e. The molecular formula is C23H27ClN6O3. The molecular weight excluding hydrogens is 444 g/mol. The van der Waals surface area contributed by atoms with Gasteiger partial charge in [-0.2, -0.15) is 0 Å². The van der Waals surface area contributed by atoms with Crippen LogP contribution in [0.2, 0.25) is 5.02 Å². The molecule has 33 heavy (non-hydrogen) atoms. The molecule has 0 aliphatic carbocycles. The maximum absolute atomic E-state index is 11.8. The van der Waals surface area contributed by atoms with E-state index in [0.29, 0.717) is 33.7 Å². The second kappa shape index (κ2) is 9.17. The van der Waals surface area contributed by atoms with Crippen LogP contribution in [0.3, 0.4) is 0 Å². The van der Waals surface area contributed by atoms with Crippen LogP contribution < -0.4 is 20.7 Å². The van der Waals surface area contributed by atoms with Gasteiger partial charge in [-0.25, -0.2) is 4.98 Å². The van der Waals surface area contributed by atoms with E-state index >= 15 is 0 Å². The van der Waals surface area contributed by atoms with Crippen molar-refractivity contribution in [2.75, 3.05) is 17.7 Å². The molecule has 2 aromatic carbocycles. The van der Waals surface area contributed by atoms with Gasteiger partial charge in [0.2, 0.25) is 11.9 Å². The Labute approximate surface area is 199 Å². The van der Waals surface area contributed by atoms with Gasteiger partial charge < -0.3 is 25.3 Å². The van der Waals surface area contributed by atoms with E-state index < -0.39 is 0 Å². The molecule has 2 aromatic heterocycles. The fourth-order valence-corrected chi connectivity index (χ4v) is 3.40. The topological polar surface area (TPSA) is 110 Å². The summed E-state index contributed by atoms with van der Waals surface area (Å²) < 4.78 is 7.82. The lowest BCUT2D eigenvalue weighted by atomic mass is 10.2. The second-order valence-electron chi connectivity index (χ2n) is 7.20. The molecule has 2 amide bonds. The lowest BCUT2D eigenvalue weighted by Gasteiger charge is -2.10. The minimum Gasteiger partial charge on any atom is -0.457 e. The summed E-state index contributed by atoms with van der Waals surface area (Å²) in [6, 6.07) is 14.0. The Kier molecular flexibility index (Phi) is 6.14. The first-order valence-corrected chi connectivity index (χ1v) is 10.4. The quantitative estimate of drug-likeness (QED) is 0.356. The van der Waals surface area contributed by atoms with Crippen molar-refractivity contribution < 1.29 is 18.6 Å². The van der Waals surface area contributed by atoms with E-state index in [0.717, 1.165) is 11.2 Å². The molecule has 0 aliphatic rings. The van der Waals surface area contributed by atoms with Crippen LogP contribution in [-0.2, 0) is 11.8 Å². The first kappa shape index (κ1) is 22.1. The summed E-state index contributed by atoms with van der Waals surface area (Å²) in [5, 5.41) is 8.93. The fraction of sp³-hybridized carbons (Fsp3) is 0.130. The number of benzene rings is 2. The summed E-state index contributed by atoms with van der Waals surface area (Å²) in [7, 11) is 3.43. The molecule has 0 saturated carbocycles. The van der Waals surface area contributed by atoms with Gasteiger partial charge in [0.05, 0.1) is 21.7 Å². The molecule has 0 spiro atoms. The predicted molar refractivity (Wildman–Crippen MR) is 134 cm³/mol. The standard InChI is InChI=1S/C23H21ClN6O3.3H2/c1-13(31)27-18-10-14(4-6-17(18)24)28-23-29-19-11-15(5-7-21(19)30(23)3)33-16-8-9-26-20(12-16)22(32)25-2;;;/h4-12H,1-3H3,(H,25,32)(H,27,31)(H,28,29);3*1H. The zero-order valence-electron chi connectivity index (χ0n) is 18.1. The number of carbonyl (C=O) groups excluding carboxylic acids is 2. The molecule has 0 bridgehead atoms. The maximum atomic E-state index is 11.8. The van der Waals surface area contributed by atoms with Crippen LogP contribution in [0.1, 0.15) is 21.7 Å². The molecule has 3 N–H and O–H groups in total. The van der Waals surface area contributed by atoms with Crippen molar-refractivity contribution in [3.05, 3.63) is 65.4 Å². The van der Waals surface area contributed by atoms with E-state index in [-0.39, 0.29) is 21.8 Å². The Morgan fingerprint density at radius 2 is 1.88 bits per heavy atom. The Morgan fingerprint density at radius 1 is 1.09 bits per heavy atom. The number of amides is 2. The Balaban J connectivity index is 0.00000216. The molecule has 0 aliphatic heterocycles. The molecule has 2 heterocycles. The Hall–Kier alpha value is -4.11. The van der Waals surface area contributed by atoms with Crippen LogP contribution in [0, 0.1) is 0 Å². The molecule has 0 saturated heterocycles. The summed E-state index contributed by atoms with van der Waals surface area (Å²) in [6.45, 7) is 1.42. The van der Waals surface area contributed by atoms with E-state index in [2.05, 4.69) is 25.9 Å². The van der Waals surface area contributed by atoms with Crippen molar-refractivity contribution in [2.45, 2.75) is 6.92 Å². The summed E-state index contributed by atoms with van der Waals surface area (Å²) in [4.78, 5) is 31.9. The van der Waals surface area contributed by atoms with Crippen molar-refractivity contribution in [3.63, 3.8) is 0 Å². The monoisotopic (exact) mass is 470 g/mol. The van der Waals surface area contributed by atoms with E-state index in [4.69, 9.17) is 16.3 Å². The number of aromatic nitrogens is 3. The predicted octanol–water partition coefficient (Wildman–Crippen LogP) is 5.21. The SMILES string of the molecule is CNC(=O)c1cc(Oc2ccc3c(c2)nc(Nc2ccc(Cl)c(NC(C)=O)c2)n3C)ccn1.[HH].[HH].[HH]. The van der Waals surface area contributed by atoms with Gasteiger partial charge in [-0.3, -0.25) is 14.6 Å². The summed E-state index contributed by atoms with van der Waals surface area (Å²) in [5.41, 5.74) is 3.10. The average molecular weight is 471 g/mol. The van der Waals surface area contributed by atoms with Gasteiger partial charge in [-0.1, -0.05) is 11.6 Å².